The van der Waals surface area contributed by atoms with E-state index in [0.717, 1.165) is 27.8 Å². The van der Waals surface area contributed by atoms with Gasteiger partial charge in [0.2, 0.25) is 0 Å². The number of benzene rings is 2. The number of aryl methyl sites for hydroxylation is 2. The van der Waals surface area contributed by atoms with Crippen molar-refractivity contribution in [2.45, 2.75) is 33.6 Å². The fraction of sp³-hybridized carbons (Fsp3) is 0.250. The maximum absolute atomic E-state index is 13.7. The standard InChI is InChI=1S/C20H22FN3/c1-11(2)18-9-16-13(4)20(23)14(10-22)8-19(16)24(18)15-5-6-17(21)12(3)7-15/h5-11,22H,23H2,1-4H3. The summed E-state index contributed by atoms with van der Waals surface area (Å²) in [6.45, 7) is 8.02. The molecular weight excluding hydrogens is 301 g/mol. The first kappa shape index (κ1) is 16.2. The molecule has 4 heteroatoms. The Morgan fingerprint density at radius 2 is 1.88 bits per heavy atom. The number of anilines is 1. The van der Waals surface area contributed by atoms with Crippen LogP contribution in [0, 0.1) is 25.1 Å². The first-order valence-corrected chi connectivity index (χ1v) is 8.06. The third-order valence-corrected chi connectivity index (χ3v) is 4.63. The van der Waals surface area contributed by atoms with E-state index in [0.29, 0.717) is 22.7 Å². The van der Waals surface area contributed by atoms with Gasteiger partial charge in [-0.05, 0) is 61.2 Å². The van der Waals surface area contributed by atoms with Crippen LogP contribution >= 0.6 is 0 Å². The van der Waals surface area contributed by atoms with Crippen LogP contribution in [0.2, 0.25) is 0 Å². The Labute approximate surface area is 141 Å². The average molecular weight is 323 g/mol. The van der Waals surface area contributed by atoms with Gasteiger partial charge in [0.15, 0.2) is 0 Å². The van der Waals surface area contributed by atoms with Crippen LogP contribution in [0.1, 0.15) is 42.1 Å². The number of halogens is 1. The third kappa shape index (κ3) is 2.39. The molecule has 0 aliphatic rings. The van der Waals surface area contributed by atoms with Crippen LogP contribution in [0.5, 0.6) is 0 Å². The predicted octanol–water partition coefficient (Wildman–Crippen LogP) is 5.09. The molecule has 0 aliphatic carbocycles. The van der Waals surface area contributed by atoms with Crippen LogP contribution in [0.3, 0.4) is 0 Å². The fourth-order valence-corrected chi connectivity index (χ4v) is 3.18. The van der Waals surface area contributed by atoms with Crippen molar-refractivity contribution >= 4 is 22.8 Å². The van der Waals surface area contributed by atoms with Crippen molar-refractivity contribution in [3.05, 3.63) is 58.5 Å². The highest BCUT2D eigenvalue weighted by molar-refractivity contribution is 5.98. The van der Waals surface area contributed by atoms with E-state index in [-0.39, 0.29) is 5.82 Å². The normalized spacial score (nSPS) is 11.4. The zero-order chi connectivity index (χ0) is 17.6. The molecular formula is C20H22FN3. The van der Waals surface area contributed by atoms with Gasteiger partial charge in [0.05, 0.1) is 5.52 Å². The Hall–Kier alpha value is -2.62. The van der Waals surface area contributed by atoms with Gasteiger partial charge in [-0.15, -0.1) is 0 Å². The average Bonchev–Trinajstić information content (AvgIpc) is 2.93. The molecule has 2 aromatic carbocycles. The number of nitrogens with two attached hydrogens (primary N) is 1. The second-order valence-corrected chi connectivity index (χ2v) is 6.57. The molecule has 0 aliphatic heterocycles. The molecule has 3 rings (SSSR count). The largest absolute Gasteiger partial charge is 0.398 e. The van der Waals surface area contributed by atoms with Crippen LogP contribution in [-0.2, 0) is 0 Å². The van der Waals surface area contributed by atoms with Gasteiger partial charge in [-0.3, -0.25) is 0 Å². The number of nitrogens with zero attached hydrogens (tertiary/aromatic N) is 1. The Morgan fingerprint density at radius 3 is 2.46 bits per heavy atom. The lowest BCUT2D eigenvalue weighted by molar-refractivity contribution is 0.618. The van der Waals surface area contributed by atoms with E-state index in [1.807, 2.05) is 19.1 Å². The Balaban J connectivity index is 2.44. The van der Waals surface area contributed by atoms with Crippen molar-refractivity contribution < 1.29 is 4.39 Å². The number of nitrogens with one attached hydrogen (secondary N) is 1. The minimum atomic E-state index is -0.207. The lowest BCUT2D eigenvalue weighted by Gasteiger charge is -2.15. The number of aromatic nitrogens is 1. The molecule has 3 aromatic rings. The first-order chi connectivity index (χ1) is 11.3. The number of hydrogen-bond donors (Lipinski definition) is 2. The highest BCUT2D eigenvalue weighted by atomic mass is 19.1. The van der Waals surface area contributed by atoms with Gasteiger partial charge in [0.25, 0.3) is 0 Å². The number of nitrogen functional groups attached to an aromatic ring is 1. The molecule has 0 atom stereocenters. The zero-order valence-corrected chi connectivity index (χ0v) is 14.4. The number of rotatable bonds is 3. The molecule has 0 radical (unpaired) electrons. The quantitative estimate of drug-likeness (QED) is 0.512. The topological polar surface area (TPSA) is 54.8 Å². The van der Waals surface area contributed by atoms with Gasteiger partial charge in [-0.2, -0.15) is 0 Å². The van der Waals surface area contributed by atoms with Crippen molar-refractivity contribution in [2.24, 2.45) is 0 Å². The van der Waals surface area contributed by atoms with Crippen molar-refractivity contribution in [3.63, 3.8) is 0 Å². The van der Waals surface area contributed by atoms with Crippen LogP contribution < -0.4 is 5.73 Å². The molecule has 0 amide bonds. The molecule has 124 valence electrons. The third-order valence-electron chi connectivity index (χ3n) is 4.63. The molecule has 0 saturated carbocycles. The molecule has 1 aromatic heterocycles. The first-order valence-electron chi connectivity index (χ1n) is 8.06. The molecule has 1 heterocycles. The molecule has 24 heavy (non-hydrogen) atoms. The summed E-state index contributed by atoms with van der Waals surface area (Å²) in [6, 6.07) is 9.25. The van der Waals surface area contributed by atoms with Crippen molar-refractivity contribution in [3.8, 4) is 5.69 Å². The Bertz CT molecular complexity index is 951. The summed E-state index contributed by atoms with van der Waals surface area (Å²) < 4.78 is 15.8. The lowest BCUT2D eigenvalue weighted by atomic mass is 10.0. The number of fused-ring (bicyclic) bond motifs is 1. The monoisotopic (exact) mass is 323 g/mol. The second-order valence-electron chi connectivity index (χ2n) is 6.57. The highest BCUT2D eigenvalue weighted by Crippen LogP contribution is 2.34. The SMILES string of the molecule is Cc1cc(-n2c(C(C)C)cc3c(C)c(N)c(C=N)cc32)ccc1F. The minimum Gasteiger partial charge on any atom is -0.398 e. The maximum atomic E-state index is 13.7. The van der Waals surface area contributed by atoms with Crippen LogP contribution in [-0.4, -0.2) is 10.8 Å². The Kier molecular flexibility index (Phi) is 3.91. The lowest BCUT2D eigenvalue weighted by Crippen LogP contribution is -2.03. The van der Waals surface area contributed by atoms with Gasteiger partial charge in [-0.1, -0.05) is 13.8 Å². The summed E-state index contributed by atoms with van der Waals surface area (Å²) in [5, 5.41) is 8.69. The minimum absolute atomic E-state index is 0.207. The van der Waals surface area contributed by atoms with Gasteiger partial charge in [0, 0.05) is 34.2 Å². The summed E-state index contributed by atoms with van der Waals surface area (Å²) in [5.74, 6) is 0.0914. The van der Waals surface area contributed by atoms with Crippen LogP contribution in [0.25, 0.3) is 16.6 Å². The van der Waals surface area contributed by atoms with Crippen molar-refractivity contribution in [2.75, 3.05) is 5.73 Å². The van der Waals surface area contributed by atoms with E-state index in [1.54, 1.807) is 13.0 Å². The predicted molar refractivity (Wildman–Crippen MR) is 99.1 cm³/mol. The summed E-state index contributed by atoms with van der Waals surface area (Å²) in [5.41, 5.74) is 12.2. The fourth-order valence-electron chi connectivity index (χ4n) is 3.18. The number of hydrogen-bond acceptors (Lipinski definition) is 2. The van der Waals surface area contributed by atoms with Gasteiger partial charge in [0.1, 0.15) is 5.82 Å². The smallest absolute Gasteiger partial charge is 0.126 e. The maximum Gasteiger partial charge on any atom is 0.126 e. The van der Waals surface area contributed by atoms with Crippen molar-refractivity contribution in [1.82, 2.24) is 4.57 Å². The molecule has 0 fully saturated rings. The molecule has 0 saturated heterocycles. The van der Waals surface area contributed by atoms with Gasteiger partial charge < -0.3 is 15.7 Å². The molecule has 0 spiro atoms. The molecule has 3 N–H and O–H groups in total. The van der Waals surface area contributed by atoms with Crippen LogP contribution in [0.4, 0.5) is 10.1 Å². The van der Waals surface area contributed by atoms with Crippen LogP contribution in [0.15, 0.2) is 30.3 Å². The molecule has 0 unspecified atom stereocenters. The summed E-state index contributed by atoms with van der Waals surface area (Å²) >= 11 is 0. The Morgan fingerprint density at radius 1 is 1.17 bits per heavy atom. The van der Waals surface area contributed by atoms with E-state index in [1.165, 1.54) is 12.3 Å². The summed E-state index contributed by atoms with van der Waals surface area (Å²) in [6.07, 6.45) is 1.28. The zero-order valence-electron chi connectivity index (χ0n) is 14.4. The summed E-state index contributed by atoms with van der Waals surface area (Å²) in [7, 11) is 0. The molecule has 0 bridgehead atoms. The second kappa shape index (κ2) is 5.78. The van der Waals surface area contributed by atoms with E-state index < -0.39 is 0 Å². The van der Waals surface area contributed by atoms with Crippen molar-refractivity contribution in [1.29, 1.82) is 5.41 Å². The van der Waals surface area contributed by atoms with Gasteiger partial charge >= 0.3 is 0 Å². The molecule has 3 nitrogen and oxygen atoms in total. The van der Waals surface area contributed by atoms with E-state index in [4.69, 9.17) is 11.1 Å². The van der Waals surface area contributed by atoms with E-state index in [9.17, 15) is 4.39 Å². The highest BCUT2D eigenvalue weighted by Gasteiger charge is 2.17. The van der Waals surface area contributed by atoms with E-state index in [2.05, 4.69) is 24.5 Å². The summed E-state index contributed by atoms with van der Waals surface area (Å²) in [4.78, 5) is 0. The van der Waals surface area contributed by atoms with Gasteiger partial charge in [-0.25, -0.2) is 4.39 Å². The van der Waals surface area contributed by atoms with E-state index >= 15 is 0 Å².